The summed E-state index contributed by atoms with van der Waals surface area (Å²) < 4.78 is 0. The third-order valence-corrected chi connectivity index (χ3v) is 3.91. The number of rotatable bonds is 3. The van der Waals surface area contributed by atoms with Crippen molar-refractivity contribution in [2.45, 2.75) is 26.8 Å². The van der Waals surface area contributed by atoms with Crippen LogP contribution in [0, 0.1) is 13.8 Å². The summed E-state index contributed by atoms with van der Waals surface area (Å²) in [6.45, 7) is 6.31. The van der Waals surface area contributed by atoms with E-state index in [0.717, 1.165) is 5.69 Å². The number of aryl methyl sites for hydroxylation is 2. The molecule has 0 heterocycles. The zero-order valence-corrected chi connectivity index (χ0v) is 14.0. The molecule has 21 heavy (non-hydrogen) atoms. The second-order valence-electron chi connectivity index (χ2n) is 5.16. The molecule has 2 rings (SSSR count). The highest BCUT2D eigenvalue weighted by Crippen LogP contribution is 2.22. The standard InChI is InChI=1S/C17H19ClN2S/c1-11-8-9-14(12(2)10-11)13(3)19-17(21)20-16-7-5-4-6-15(16)18/h4-10,13H,1-3H3,(H2,19,20,21). The van der Waals surface area contributed by atoms with Gasteiger partial charge in [-0.1, -0.05) is 47.5 Å². The van der Waals surface area contributed by atoms with Gasteiger partial charge >= 0.3 is 0 Å². The van der Waals surface area contributed by atoms with Crippen LogP contribution in [-0.4, -0.2) is 5.11 Å². The zero-order chi connectivity index (χ0) is 15.4. The van der Waals surface area contributed by atoms with E-state index >= 15 is 0 Å². The molecule has 0 aliphatic carbocycles. The van der Waals surface area contributed by atoms with Gasteiger partial charge in [-0.3, -0.25) is 0 Å². The lowest BCUT2D eigenvalue weighted by molar-refractivity contribution is 0.717. The summed E-state index contributed by atoms with van der Waals surface area (Å²) in [5, 5.41) is 7.64. The summed E-state index contributed by atoms with van der Waals surface area (Å²) in [6.07, 6.45) is 0. The number of thiocarbonyl (C=S) groups is 1. The van der Waals surface area contributed by atoms with Crippen LogP contribution in [0.3, 0.4) is 0 Å². The van der Waals surface area contributed by atoms with Gasteiger partial charge in [-0.15, -0.1) is 0 Å². The molecule has 0 fully saturated rings. The van der Waals surface area contributed by atoms with Crippen LogP contribution in [0.25, 0.3) is 0 Å². The summed E-state index contributed by atoms with van der Waals surface area (Å²) in [7, 11) is 0. The Bertz CT molecular complexity index is 655. The molecule has 0 saturated carbocycles. The maximum Gasteiger partial charge on any atom is 0.171 e. The molecule has 1 unspecified atom stereocenters. The van der Waals surface area contributed by atoms with E-state index < -0.39 is 0 Å². The van der Waals surface area contributed by atoms with Gasteiger partial charge in [0.2, 0.25) is 0 Å². The molecule has 0 aliphatic heterocycles. The van der Waals surface area contributed by atoms with Crippen molar-refractivity contribution >= 4 is 34.6 Å². The number of benzene rings is 2. The minimum Gasteiger partial charge on any atom is -0.356 e. The van der Waals surface area contributed by atoms with Crippen LogP contribution in [-0.2, 0) is 0 Å². The molecule has 1 atom stereocenters. The number of anilines is 1. The Labute approximate surface area is 136 Å². The lowest BCUT2D eigenvalue weighted by atomic mass is 10.0. The van der Waals surface area contributed by atoms with Crippen LogP contribution < -0.4 is 10.6 Å². The van der Waals surface area contributed by atoms with Gasteiger partial charge in [0.25, 0.3) is 0 Å². The smallest absolute Gasteiger partial charge is 0.171 e. The first-order valence-electron chi connectivity index (χ1n) is 6.86. The molecule has 0 amide bonds. The van der Waals surface area contributed by atoms with Crippen molar-refractivity contribution in [3.8, 4) is 0 Å². The number of nitrogens with one attached hydrogen (secondary N) is 2. The van der Waals surface area contributed by atoms with Crippen LogP contribution in [0.15, 0.2) is 42.5 Å². The number of para-hydroxylation sites is 1. The highest BCUT2D eigenvalue weighted by molar-refractivity contribution is 7.80. The molecule has 0 saturated heterocycles. The molecular weight excluding hydrogens is 300 g/mol. The van der Waals surface area contributed by atoms with E-state index in [4.69, 9.17) is 23.8 Å². The van der Waals surface area contributed by atoms with Gasteiger partial charge in [0.15, 0.2) is 5.11 Å². The van der Waals surface area contributed by atoms with Gasteiger partial charge in [-0.05, 0) is 56.2 Å². The molecule has 0 bridgehead atoms. The maximum atomic E-state index is 6.11. The summed E-state index contributed by atoms with van der Waals surface area (Å²) in [4.78, 5) is 0. The van der Waals surface area contributed by atoms with Gasteiger partial charge in [0.1, 0.15) is 0 Å². The molecular formula is C17H19ClN2S. The average molecular weight is 319 g/mol. The summed E-state index contributed by atoms with van der Waals surface area (Å²) >= 11 is 11.5. The van der Waals surface area contributed by atoms with Gasteiger partial charge < -0.3 is 10.6 Å². The molecule has 4 heteroatoms. The Hall–Kier alpha value is -1.58. The van der Waals surface area contributed by atoms with E-state index in [9.17, 15) is 0 Å². The van der Waals surface area contributed by atoms with Crippen molar-refractivity contribution < 1.29 is 0 Å². The Morgan fingerprint density at radius 2 is 1.86 bits per heavy atom. The molecule has 110 valence electrons. The molecule has 2 N–H and O–H groups in total. The molecule has 2 aromatic rings. The van der Waals surface area contributed by atoms with Crippen molar-refractivity contribution in [1.29, 1.82) is 0 Å². The minimum absolute atomic E-state index is 0.132. The fourth-order valence-electron chi connectivity index (χ4n) is 2.31. The average Bonchev–Trinajstić information content (AvgIpc) is 2.41. The molecule has 2 nitrogen and oxygen atoms in total. The van der Waals surface area contributed by atoms with Gasteiger partial charge in [-0.2, -0.15) is 0 Å². The molecule has 0 radical (unpaired) electrons. The van der Waals surface area contributed by atoms with Crippen LogP contribution in [0.5, 0.6) is 0 Å². The second-order valence-corrected chi connectivity index (χ2v) is 5.98. The van der Waals surface area contributed by atoms with Crippen LogP contribution >= 0.6 is 23.8 Å². The Morgan fingerprint density at radius 3 is 2.52 bits per heavy atom. The van der Waals surface area contributed by atoms with Crippen molar-refractivity contribution in [2.75, 3.05) is 5.32 Å². The van der Waals surface area contributed by atoms with E-state index in [2.05, 4.69) is 49.6 Å². The van der Waals surface area contributed by atoms with Crippen LogP contribution in [0.1, 0.15) is 29.7 Å². The fourth-order valence-corrected chi connectivity index (χ4v) is 2.78. The molecule has 2 aromatic carbocycles. The van der Waals surface area contributed by atoms with Crippen molar-refractivity contribution in [1.82, 2.24) is 5.32 Å². The molecule has 0 aliphatic rings. The highest BCUT2D eigenvalue weighted by atomic mass is 35.5. The fraction of sp³-hybridized carbons (Fsp3) is 0.235. The van der Waals surface area contributed by atoms with E-state index in [-0.39, 0.29) is 6.04 Å². The van der Waals surface area contributed by atoms with Crippen LogP contribution in [0.4, 0.5) is 5.69 Å². The van der Waals surface area contributed by atoms with E-state index in [0.29, 0.717) is 10.1 Å². The number of hydrogen-bond donors (Lipinski definition) is 2. The largest absolute Gasteiger partial charge is 0.356 e. The van der Waals surface area contributed by atoms with Gasteiger partial charge in [0, 0.05) is 0 Å². The zero-order valence-electron chi connectivity index (χ0n) is 12.4. The first kappa shape index (κ1) is 15.8. The number of halogens is 1. The summed E-state index contributed by atoms with van der Waals surface area (Å²) in [5.41, 5.74) is 4.57. The summed E-state index contributed by atoms with van der Waals surface area (Å²) in [6, 6.07) is 14.1. The second kappa shape index (κ2) is 6.92. The van der Waals surface area contributed by atoms with E-state index in [1.165, 1.54) is 16.7 Å². The first-order chi connectivity index (χ1) is 9.97. The predicted octanol–water partition coefficient (Wildman–Crippen LogP) is 5.00. The van der Waals surface area contributed by atoms with E-state index in [1.54, 1.807) is 0 Å². The van der Waals surface area contributed by atoms with Crippen molar-refractivity contribution in [3.05, 3.63) is 64.2 Å². The monoisotopic (exact) mass is 318 g/mol. The third-order valence-electron chi connectivity index (χ3n) is 3.36. The normalized spacial score (nSPS) is 11.8. The Morgan fingerprint density at radius 1 is 1.14 bits per heavy atom. The molecule has 0 spiro atoms. The molecule has 0 aromatic heterocycles. The van der Waals surface area contributed by atoms with Crippen molar-refractivity contribution in [3.63, 3.8) is 0 Å². The predicted molar refractivity (Wildman–Crippen MR) is 95.1 cm³/mol. The lowest BCUT2D eigenvalue weighted by Gasteiger charge is -2.19. The lowest BCUT2D eigenvalue weighted by Crippen LogP contribution is -2.31. The van der Waals surface area contributed by atoms with Gasteiger partial charge in [-0.25, -0.2) is 0 Å². The Balaban J connectivity index is 2.04. The Kier molecular flexibility index (Phi) is 5.21. The highest BCUT2D eigenvalue weighted by Gasteiger charge is 2.10. The minimum atomic E-state index is 0.132. The summed E-state index contributed by atoms with van der Waals surface area (Å²) in [5.74, 6) is 0. The number of hydrogen-bond acceptors (Lipinski definition) is 1. The topological polar surface area (TPSA) is 24.1 Å². The van der Waals surface area contributed by atoms with Crippen molar-refractivity contribution in [2.24, 2.45) is 0 Å². The SMILES string of the molecule is Cc1ccc(C(C)NC(=S)Nc2ccccc2Cl)c(C)c1. The van der Waals surface area contributed by atoms with Gasteiger partial charge in [0.05, 0.1) is 16.8 Å². The quantitative estimate of drug-likeness (QED) is 0.778. The van der Waals surface area contributed by atoms with Crippen LogP contribution in [0.2, 0.25) is 5.02 Å². The maximum absolute atomic E-state index is 6.11. The third kappa shape index (κ3) is 4.19. The first-order valence-corrected chi connectivity index (χ1v) is 7.65. The van der Waals surface area contributed by atoms with E-state index in [1.807, 2.05) is 24.3 Å².